The molecule has 1 aliphatic rings. The first-order chi connectivity index (χ1) is 8.58. The fourth-order valence-electron chi connectivity index (χ4n) is 2.19. The van der Waals surface area contributed by atoms with Crippen LogP contribution < -0.4 is 0 Å². The third kappa shape index (κ3) is 1.59. The first-order valence-corrected chi connectivity index (χ1v) is 5.77. The second-order valence-electron chi connectivity index (χ2n) is 4.51. The zero-order valence-electron chi connectivity index (χ0n) is 10.0. The van der Waals surface area contributed by atoms with Gasteiger partial charge in [-0.25, -0.2) is 15.0 Å². The van der Waals surface area contributed by atoms with Crippen molar-refractivity contribution in [1.82, 2.24) is 19.9 Å². The zero-order chi connectivity index (χ0) is 12.9. The van der Waals surface area contributed by atoms with Gasteiger partial charge in [0, 0.05) is 0 Å². The largest absolute Gasteiger partial charge is 0.388 e. The fraction of sp³-hybridized carbons (Fsp3) is 0.545. The van der Waals surface area contributed by atoms with Crippen LogP contribution in [0.3, 0.4) is 0 Å². The third-order valence-corrected chi connectivity index (χ3v) is 3.24. The van der Waals surface area contributed by atoms with Gasteiger partial charge in [-0.2, -0.15) is 0 Å². The predicted octanol–water partition coefficient (Wildman–Crippen LogP) is -0.157. The lowest BCUT2D eigenvalue weighted by molar-refractivity contribution is 0.00976. The molecule has 0 spiro atoms. The van der Waals surface area contributed by atoms with Crippen molar-refractivity contribution < 1.29 is 14.9 Å². The number of aliphatic hydroxyl groups is 2. The lowest BCUT2D eigenvalue weighted by atomic mass is 10.1. The van der Waals surface area contributed by atoms with E-state index in [1.54, 1.807) is 13.3 Å². The van der Waals surface area contributed by atoms with E-state index < -0.39 is 24.4 Å². The van der Waals surface area contributed by atoms with Crippen molar-refractivity contribution in [1.29, 1.82) is 0 Å². The number of aromatic nitrogens is 4. The molecule has 7 nitrogen and oxygen atoms in total. The second-order valence-corrected chi connectivity index (χ2v) is 4.51. The number of aryl methyl sites for hydroxylation is 1. The van der Waals surface area contributed by atoms with Crippen molar-refractivity contribution in [3.8, 4) is 0 Å². The molecule has 1 fully saturated rings. The van der Waals surface area contributed by atoms with Crippen molar-refractivity contribution in [3.63, 3.8) is 0 Å². The first-order valence-electron chi connectivity index (χ1n) is 5.77. The van der Waals surface area contributed by atoms with E-state index in [1.165, 1.54) is 0 Å². The first kappa shape index (κ1) is 11.5. The molecule has 2 aromatic heterocycles. The highest BCUT2D eigenvalue weighted by Crippen LogP contribution is 2.32. The predicted molar refractivity (Wildman–Crippen MR) is 61.7 cm³/mol. The fourth-order valence-corrected chi connectivity index (χ4v) is 2.19. The summed E-state index contributed by atoms with van der Waals surface area (Å²) in [5.74, 6) is 0.350. The number of nitrogens with zero attached hydrogens (tertiary/aromatic N) is 3. The molecule has 7 heteroatoms. The van der Waals surface area contributed by atoms with E-state index in [2.05, 4.69) is 19.9 Å². The highest BCUT2D eigenvalue weighted by atomic mass is 16.5. The van der Waals surface area contributed by atoms with Gasteiger partial charge in [0.15, 0.2) is 11.5 Å². The van der Waals surface area contributed by atoms with Crippen molar-refractivity contribution in [3.05, 3.63) is 17.8 Å². The molecule has 0 bridgehead atoms. The number of hydrogen-bond donors (Lipinski definition) is 3. The van der Waals surface area contributed by atoms with Gasteiger partial charge in [-0.3, -0.25) is 0 Å². The molecule has 2 aromatic rings. The quantitative estimate of drug-likeness (QED) is 0.650. The lowest BCUT2D eigenvalue weighted by Gasteiger charge is -2.13. The molecule has 3 rings (SSSR count). The van der Waals surface area contributed by atoms with E-state index in [4.69, 9.17) is 4.74 Å². The number of aromatic amines is 1. The Bertz CT molecular complexity index is 585. The molecule has 4 atom stereocenters. The van der Waals surface area contributed by atoms with Gasteiger partial charge in [0.1, 0.15) is 23.8 Å². The zero-order valence-corrected chi connectivity index (χ0v) is 10.0. The summed E-state index contributed by atoms with van der Waals surface area (Å²) in [5, 5.41) is 19.6. The molecule has 0 aromatic carbocycles. The summed E-state index contributed by atoms with van der Waals surface area (Å²) in [6.45, 7) is 3.53. The van der Waals surface area contributed by atoms with Crippen LogP contribution in [0.2, 0.25) is 0 Å². The van der Waals surface area contributed by atoms with Gasteiger partial charge >= 0.3 is 0 Å². The molecule has 0 amide bonds. The van der Waals surface area contributed by atoms with E-state index in [1.807, 2.05) is 6.92 Å². The number of hydrogen-bond acceptors (Lipinski definition) is 6. The second kappa shape index (κ2) is 3.98. The average molecular weight is 250 g/mol. The van der Waals surface area contributed by atoms with Crippen LogP contribution in [0.4, 0.5) is 0 Å². The van der Waals surface area contributed by atoms with Crippen LogP contribution in [0.25, 0.3) is 11.2 Å². The molecule has 1 saturated heterocycles. The van der Waals surface area contributed by atoms with Crippen molar-refractivity contribution in [2.24, 2.45) is 0 Å². The highest BCUT2D eigenvalue weighted by Gasteiger charge is 2.42. The summed E-state index contributed by atoms with van der Waals surface area (Å²) >= 11 is 0. The van der Waals surface area contributed by atoms with Crippen molar-refractivity contribution >= 4 is 11.2 Å². The molecular formula is C11H14N4O3. The Morgan fingerprint density at radius 2 is 2.06 bits per heavy atom. The Morgan fingerprint density at radius 3 is 2.72 bits per heavy atom. The summed E-state index contributed by atoms with van der Waals surface area (Å²) in [5.41, 5.74) is 2.03. The van der Waals surface area contributed by atoms with Crippen molar-refractivity contribution in [2.45, 2.75) is 38.3 Å². The molecule has 18 heavy (non-hydrogen) atoms. The lowest BCUT2D eigenvalue weighted by Crippen LogP contribution is -2.29. The van der Waals surface area contributed by atoms with Crippen molar-refractivity contribution in [2.75, 3.05) is 0 Å². The maximum atomic E-state index is 9.91. The Labute approximate surface area is 103 Å². The summed E-state index contributed by atoms with van der Waals surface area (Å²) < 4.78 is 5.49. The molecular weight excluding hydrogens is 236 g/mol. The molecule has 3 N–H and O–H groups in total. The van der Waals surface area contributed by atoms with E-state index >= 15 is 0 Å². The van der Waals surface area contributed by atoms with Gasteiger partial charge in [0.25, 0.3) is 0 Å². The third-order valence-electron chi connectivity index (χ3n) is 3.24. The molecule has 3 heterocycles. The van der Waals surface area contributed by atoms with Crippen LogP contribution in [-0.4, -0.2) is 48.5 Å². The molecule has 0 saturated carbocycles. The minimum Gasteiger partial charge on any atom is -0.388 e. The Kier molecular flexibility index (Phi) is 2.54. The van der Waals surface area contributed by atoms with Crippen LogP contribution in [0.1, 0.15) is 24.5 Å². The standard InChI is InChI=1S/C11H14N4O3/c1-4-6-10(13-3-12-6)15-11(14-4)9-8(17)7(16)5(2)18-9/h3,5,7-9,16-17H,1-2H3,(H,12,13,14,15)/t5-,7+,8+,9-/m1/s1. The van der Waals surface area contributed by atoms with Gasteiger partial charge in [-0.15, -0.1) is 0 Å². The normalized spacial score (nSPS) is 32.2. The molecule has 0 aliphatic carbocycles. The van der Waals surface area contributed by atoms with Crippen LogP contribution in [0.5, 0.6) is 0 Å². The summed E-state index contributed by atoms with van der Waals surface area (Å²) in [6.07, 6.45) is -1.55. The number of fused-ring (bicyclic) bond motifs is 1. The summed E-state index contributed by atoms with van der Waals surface area (Å²) in [4.78, 5) is 15.6. The number of rotatable bonds is 1. The maximum Gasteiger partial charge on any atom is 0.181 e. The SMILES string of the molecule is Cc1nc([C@@H]2O[C@H](C)[C@H](O)[C@@H]2O)nc2nc[nH]c12. The van der Waals surface area contributed by atoms with E-state index in [-0.39, 0.29) is 0 Å². The minimum atomic E-state index is -1.02. The topological polar surface area (TPSA) is 104 Å². The minimum absolute atomic E-state index is 0.350. The molecule has 0 unspecified atom stereocenters. The molecule has 1 aliphatic heterocycles. The summed E-state index contributed by atoms with van der Waals surface area (Å²) in [7, 11) is 0. The van der Waals surface area contributed by atoms with Gasteiger partial charge in [-0.1, -0.05) is 0 Å². The molecule has 96 valence electrons. The van der Waals surface area contributed by atoms with Gasteiger partial charge in [0.05, 0.1) is 18.1 Å². The Hall–Kier alpha value is -1.57. The number of H-pyrrole nitrogens is 1. The van der Waals surface area contributed by atoms with Crippen LogP contribution >= 0.6 is 0 Å². The van der Waals surface area contributed by atoms with E-state index in [0.717, 1.165) is 11.2 Å². The van der Waals surface area contributed by atoms with Gasteiger partial charge < -0.3 is 19.9 Å². The van der Waals surface area contributed by atoms with E-state index in [9.17, 15) is 10.2 Å². The van der Waals surface area contributed by atoms with Crippen LogP contribution in [0.15, 0.2) is 6.33 Å². The maximum absolute atomic E-state index is 9.91. The highest BCUT2D eigenvalue weighted by molar-refractivity contribution is 5.72. The van der Waals surface area contributed by atoms with E-state index in [0.29, 0.717) is 11.5 Å². The summed E-state index contributed by atoms with van der Waals surface area (Å²) in [6, 6.07) is 0. The Balaban J connectivity index is 2.04. The number of aliphatic hydroxyl groups excluding tert-OH is 2. The Morgan fingerprint density at radius 1 is 1.28 bits per heavy atom. The number of nitrogens with one attached hydrogen (secondary N) is 1. The number of imidazole rings is 1. The van der Waals surface area contributed by atoms with Crippen LogP contribution in [-0.2, 0) is 4.74 Å². The van der Waals surface area contributed by atoms with Crippen LogP contribution in [0, 0.1) is 6.92 Å². The average Bonchev–Trinajstić information content (AvgIpc) is 2.90. The number of ether oxygens (including phenoxy) is 1. The van der Waals surface area contributed by atoms with Gasteiger partial charge in [0.2, 0.25) is 0 Å². The van der Waals surface area contributed by atoms with Gasteiger partial charge in [-0.05, 0) is 13.8 Å². The smallest absolute Gasteiger partial charge is 0.181 e. The molecule has 0 radical (unpaired) electrons. The monoisotopic (exact) mass is 250 g/mol.